The second-order valence-electron chi connectivity index (χ2n) is 12.3. The van der Waals surface area contributed by atoms with Gasteiger partial charge in [0, 0.05) is 12.8 Å². The van der Waals surface area contributed by atoms with Crippen molar-refractivity contribution in [2.75, 3.05) is 13.2 Å². The zero-order chi connectivity index (χ0) is 30.1. The second kappa shape index (κ2) is 33.4. The number of unbranched alkanes of at least 4 members (excludes halogenated alkanes) is 25. The standard InChI is InChI=1S/C36H70O5/c1-3-5-7-9-11-13-15-16-17-18-19-21-22-24-26-28-30-35(38)40-33-34(32-37)41-36(39)31-29-27-25-23-20-14-12-10-8-6-4-2/h34,37H,3-33H2,1-2H3/t34-/m0/s1. The summed E-state index contributed by atoms with van der Waals surface area (Å²) >= 11 is 0. The van der Waals surface area contributed by atoms with Gasteiger partial charge in [0.05, 0.1) is 6.61 Å². The van der Waals surface area contributed by atoms with Gasteiger partial charge >= 0.3 is 11.9 Å². The van der Waals surface area contributed by atoms with E-state index in [9.17, 15) is 14.7 Å². The van der Waals surface area contributed by atoms with Crippen LogP contribution in [0.25, 0.3) is 0 Å². The first-order valence-electron chi connectivity index (χ1n) is 18.1. The van der Waals surface area contributed by atoms with E-state index in [4.69, 9.17) is 9.47 Å². The van der Waals surface area contributed by atoms with E-state index in [-0.39, 0.29) is 25.2 Å². The number of carbonyl (C=O) groups excluding carboxylic acids is 2. The molecule has 1 N–H and O–H groups in total. The van der Waals surface area contributed by atoms with Crippen LogP contribution in [0.2, 0.25) is 0 Å². The van der Waals surface area contributed by atoms with Crippen LogP contribution < -0.4 is 0 Å². The van der Waals surface area contributed by atoms with E-state index in [1.165, 1.54) is 141 Å². The SMILES string of the molecule is CCCCCCCCCCCCCCCCCCC(=O)OC[C@H](CO)OC(=O)CCCCCCCCCCCCC. The van der Waals surface area contributed by atoms with Crippen LogP contribution in [0.3, 0.4) is 0 Å². The number of rotatable bonds is 33. The van der Waals surface area contributed by atoms with Crippen LogP contribution in [-0.2, 0) is 19.1 Å². The van der Waals surface area contributed by atoms with Crippen LogP contribution in [0, 0.1) is 0 Å². The zero-order valence-corrected chi connectivity index (χ0v) is 27.6. The van der Waals surface area contributed by atoms with Crippen molar-refractivity contribution in [3.63, 3.8) is 0 Å². The van der Waals surface area contributed by atoms with Crippen molar-refractivity contribution in [3.8, 4) is 0 Å². The molecule has 41 heavy (non-hydrogen) atoms. The fourth-order valence-corrected chi connectivity index (χ4v) is 5.38. The van der Waals surface area contributed by atoms with Gasteiger partial charge in [-0.25, -0.2) is 0 Å². The molecule has 0 aromatic rings. The zero-order valence-electron chi connectivity index (χ0n) is 27.6. The van der Waals surface area contributed by atoms with Crippen LogP contribution in [-0.4, -0.2) is 36.4 Å². The fourth-order valence-electron chi connectivity index (χ4n) is 5.38. The molecule has 0 unspecified atom stereocenters. The van der Waals surface area contributed by atoms with E-state index in [1.54, 1.807) is 0 Å². The Kier molecular flexibility index (Phi) is 32.5. The molecule has 0 heterocycles. The van der Waals surface area contributed by atoms with E-state index < -0.39 is 6.10 Å². The van der Waals surface area contributed by atoms with Gasteiger partial charge in [0.1, 0.15) is 6.61 Å². The number of ether oxygens (including phenoxy) is 2. The fraction of sp³-hybridized carbons (Fsp3) is 0.944. The quantitative estimate of drug-likeness (QED) is 0.0615. The summed E-state index contributed by atoms with van der Waals surface area (Å²) < 4.78 is 10.6. The number of esters is 2. The topological polar surface area (TPSA) is 72.8 Å². The first kappa shape index (κ1) is 39.9. The Morgan fingerprint density at radius 1 is 0.463 bits per heavy atom. The molecule has 0 saturated heterocycles. The Balaban J connectivity index is 3.50. The summed E-state index contributed by atoms with van der Waals surface area (Å²) in [4.78, 5) is 24.1. The Morgan fingerprint density at radius 2 is 0.756 bits per heavy atom. The Hall–Kier alpha value is -1.10. The molecule has 0 bridgehead atoms. The second-order valence-corrected chi connectivity index (χ2v) is 12.3. The van der Waals surface area contributed by atoms with Crippen molar-refractivity contribution in [2.45, 2.75) is 206 Å². The van der Waals surface area contributed by atoms with Gasteiger partial charge in [-0.3, -0.25) is 9.59 Å². The molecule has 5 nitrogen and oxygen atoms in total. The summed E-state index contributed by atoms with van der Waals surface area (Å²) in [6, 6.07) is 0. The minimum absolute atomic E-state index is 0.0574. The van der Waals surface area contributed by atoms with E-state index in [2.05, 4.69) is 13.8 Å². The van der Waals surface area contributed by atoms with Gasteiger partial charge in [0.2, 0.25) is 0 Å². The summed E-state index contributed by atoms with van der Waals surface area (Å²) in [5, 5.41) is 9.50. The van der Waals surface area contributed by atoms with Crippen LogP contribution in [0.5, 0.6) is 0 Å². The van der Waals surface area contributed by atoms with Gasteiger partial charge in [-0.15, -0.1) is 0 Å². The molecule has 0 radical (unpaired) electrons. The van der Waals surface area contributed by atoms with Gasteiger partial charge in [-0.2, -0.15) is 0 Å². The minimum atomic E-state index is -0.759. The van der Waals surface area contributed by atoms with Gasteiger partial charge < -0.3 is 14.6 Å². The first-order valence-corrected chi connectivity index (χ1v) is 18.1. The molecule has 0 aromatic carbocycles. The van der Waals surface area contributed by atoms with Gasteiger partial charge in [0.15, 0.2) is 6.10 Å². The van der Waals surface area contributed by atoms with Crippen molar-refractivity contribution in [1.82, 2.24) is 0 Å². The molecule has 0 amide bonds. The maximum atomic E-state index is 12.1. The molecular formula is C36H70O5. The lowest BCUT2D eigenvalue weighted by Crippen LogP contribution is -2.28. The third-order valence-corrected chi connectivity index (χ3v) is 8.15. The molecule has 0 fully saturated rings. The summed E-state index contributed by atoms with van der Waals surface area (Å²) in [7, 11) is 0. The van der Waals surface area contributed by atoms with Gasteiger partial charge in [-0.05, 0) is 12.8 Å². The highest BCUT2D eigenvalue weighted by Gasteiger charge is 2.16. The van der Waals surface area contributed by atoms with Crippen molar-refractivity contribution < 1.29 is 24.2 Å². The van der Waals surface area contributed by atoms with Crippen LogP contribution in [0.15, 0.2) is 0 Å². The summed E-state index contributed by atoms with van der Waals surface area (Å²) in [5.41, 5.74) is 0. The predicted octanol–water partition coefficient (Wildman–Crippen LogP) is 10.8. The molecular weight excluding hydrogens is 512 g/mol. The number of carbonyl (C=O) groups is 2. The van der Waals surface area contributed by atoms with Crippen molar-refractivity contribution in [2.24, 2.45) is 0 Å². The monoisotopic (exact) mass is 583 g/mol. The Bertz CT molecular complexity index is 550. The average Bonchev–Trinajstić information content (AvgIpc) is 2.97. The van der Waals surface area contributed by atoms with Crippen molar-refractivity contribution in [1.29, 1.82) is 0 Å². The lowest BCUT2D eigenvalue weighted by molar-refractivity contribution is -0.161. The predicted molar refractivity (Wildman–Crippen MR) is 173 cm³/mol. The van der Waals surface area contributed by atoms with E-state index >= 15 is 0 Å². The van der Waals surface area contributed by atoms with E-state index in [0.717, 1.165) is 32.1 Å². The highest BCUT2D eigenvalue weighted by Crippen LogP contribution is 2.15. The number of aliphatic hydroxyl groups excluding tert-OH is 1. The lowest BCUT2D eigenvalue weighted by atomic mass is 10.0. The Labute approximate surface area is 255 Å². The molecule has 0 saturated carbocycles. The molecule has 5 heteroatoms. The van der Waals surface area contributed by atoms with E-state index in [0.29, 0.717) is 12.8 Å². The lowest BCUT2D eigenvalue weighted by Gasteiger charge is -2.15. The number of aliphatic hydroxyl groups is 1. The van der Waals surface area contributed by atoms with Crippen molar-refractivity contribution >= 4 is 11.9 Å². The van der Waals surface area contributed by atoms with Crippen LogP contribution in [0.4, 0.5) is 0 Å². The van der Waals surface area contributed by atoms with Crippen molar-refractivity contribution in [3.05, 3.63) is 0 Å². The maximum absolute atomic E-state index is 12.1. The molecule has 0 aromatic heterocycles. The smallest absolute Gasteiger partial charge is 0.306 e. The third-order valence-electron chi connectivity index (χ3n) is 8.15. The normalized spacial score (nSPS) is 12.0. The third kappa shape index (κ3) is 31.7. The number of hydrogen-bond acceptors (Lipinski definition) is 5. The average molecular weight is 583 g/mol. The molecule has 244 valence electrons. The Morgan fingerprint density at radius 3 is 1.07 bits per heavy atom. The van der Waals surface area contributed by atoms with Crippen LogP contribution in [0.1, 0.15) is 200 Å². The van der Waals surface area contributed by atoms with E-state index in [1.807, 2.05) is 0 Å². The highest BCUT2D eigenvalue weighted by molar-refractivity contribution is 5.70. The van der Waals surface area contributed by atoms with Gasteiger partial charge in [-0.1, -0.05) is 174 Å². The molecule has 0 rings (SSSR count). The largest absolute Gasteiger partial charge is 0.462 e. The molecule has 0 aliphatic carbocycles. The van der Waals surface area contributed by atoms with Crippen LogP contribution >= 0.6 is 0 Å². The molecule has 0 aliphatic rings. The molecule has 0 aliphatic heterocycles. The minimum Gasteiger partial charge on any atom is -0.462 e. The maximum Gasteiger partial charge on any atom is 0.306 e. The molecule has 1 atom stereocenters. The number of hydrogen-bond donors (Lipinski definition) is 1. The summed E-state index contributed by atoms with van der Waals surface area (Å²) in [6.07, 6.45) is 34.4. The summed E-state index contributed by atoms with van der Waals surface area (Å²) in [6.45, 7) is 4.14. The highest BCUT2D eigenvalue weighted by atomic mass is 16.6. The first-order chi connectivity index (χ1) is 20.1. The summed E-state index contributed by atoms with van der Waals surface area (Å²) in [5.74, 6) is -0.580. The van der Waals surface area contributed by atoms with Gasteiger partial charge in [0.25, 0.3) is 0 Å². The molecule has 0 spiro atoms.